The minimum absolute atomic E-state index is 0. The van der Waals surface area contributed by atoms with Gasteiger partial charge in [0.15, 0.2) is 0 Å². The van der Waals surface area contributed by atoms with E-state index >= 15 is 0 Å². The lowest BCUT2D eigenvalue weighted by atomic mass is 9.95. The molecule has 0 radical (unpaired) electrons. The average molecular weight is 409 g/mol. The minimum Gasteiger partial charge on any atom is -0.356 e. The SMILES string of the molecule is Cc1nc(CN2CCC(C(=O)NCC3CCCNC3)CC2)cs1.Cl.Cl. The van der Waals surface area contributed by atoms with Crippen LogP contribution in [-0.4, -0.2) is 48.5 Å². The number of thiazole rings is 1. The summed E-state index contributed by atoms with van der Waals surface area (Å²) in [5.74, 6) is 1.07. The lowest BCUT2D eigenvalue weighted by Gasteiger charge is -2.31. The van der Waals surface area contributed by atoms with Crippen molar-refractivity contribution in [2.75, 3.05) is 32.7 Å². The number of hydrogen-bond acceptors (Lipinski definition) is 5. The van der Waals surface area contributed by atoms with Crippen LogP contribution in [0.1, 0.15) is 36.4 Å². The number of carbonyl (C=O) groups excluding carboxylic acids is 1. The van der Waals surface area contributed by atoms with E-state index in [1.807, 2.05) is 6.92 Å². The number of halogens is 2. The van der Waals surface area contributed by atoms with Crippen molar-refractivity contribution in [1.29, 1.82) is 0 Å². The van der Waals surface area contributed by atoms with Crippen molar-refractivity contribution in [1.82, 2.24) is 20.5 Å². The number of amides is 1. The van der Waals surface area contributed by atoms with E-state index in [2.05, 4.69) is 25.9 Å². The fraction of sp³-hybridized carbons (Fsp3) is 0.765. The van der Waals surface area contributed by atoms with Crippen LogP contribution in [0.4, 0.5) is 0 Å². The molecule has 0 aliphatic carbocycles. The van der Waals surface area contributed by atoms with Gasteiger partial charge in [-0.15, -0.1) is 36.2 Å². The molecule has 25 heavy (non-hydrogen) atoms. The third kappa shape index (κ3) is 7.02. The van der Waals surface area contributed by atoms with Gasteiger partial charge in [-0.2, -0.15) is 0 Å². The molecule has 1 amide bonds. The molecular formula is C17H30Cl2N4OS. The van der Waals surface area contributed by atoms with Crippen LogP contribution in [0.3, 0.4) is 0 Å². The Balaban J connectivity index is 0.00000156. The van der Waals surface area contributed by atoms with Crippen molar-refractivity contribution in [3.05, 3.63) is 16.1 Å². The van der Waals surface area contributed by atoms with Gasteiger partial charge in [-0.05, 0) is 64.7 Å². The monoisotopic (exact) mass is 408 g/mol. The van der Waals surface area contributed by atoms with Crippen molar-refractivity contribution in [2.45, 2.75) is 39.2 Å². The molecule has 2 fully saturated rings. The van der Waals surface area contributed by atoms with Gasteiger partial charge in [-0.25, -0.2) is 4.98 Å². The van der Waals surface area contributed by atoms with E-state index < -0.39 is 0 Å². The highest BCUT2D eigenvalue weighted by Gasteiger charge is 2.25. The zero-order valence-electron chi connectivity index (χ0n) is 14.8. The van der Waals surface area contributed by atoms with Gasteiger partial charge in [0.2, 0.25) is 5.91 Å². The van der Waals surface area contributed by atoms with Gasteiger partial charge < -0.3 is 10.6 Å². The maximum atomic E-state index is 12.3. The summed E-state index contributed by atoms with van der Waals surface area (Å²) < 4.78 is 0. The van der Waals surface area contributed by atoms with Gasteiger partial charge in [-0.3, -0.25) is 9.69 Å². The molecule has 0 aromatic carbocycles. The van der Waals surface area contributed by atoms with E-state index in [1.165, 1.54) is 18.5 Å². The molecule has 3 heterocycles. The Labute approximate surface area is 167 Å². The van der Waals surface area contributed by atoms with Crippen LogP contribution >= 0.6 is 36.2 Å². The molecule has 2 aliphatic heterocycles. The molecule has 1 aromatic heterocycles. The smallest absolute Gasteiger partial charge is 0.223 e. The lowest BCUT2D eigenvalue weighted by Crippen LogP contribution is -2.43. The van der Waals surface area contributed by atoms with Gasteiger partial charge in [0.05, 0.1) is 10.7 Å². The molecule has 5 nitrogen and oxygen atoms in total. The molecule has 144 valence electrons. The molecule has 2 saturated heterocycles. The number of carbonyl (C=O) groups is 1. The van der Waals surface area contributed by atoms with Crippen molar-refractivity contribution < 1.29 is 4.79 Å². The topological polar surface area (TPSA) is 57.3 Å². The third-order valence-corrected chi connectivity index (χ3v) is 5.80. The summed E-state index contributed by atoms with van der Waals surface area (Å²) >= 11 is 1.71. The minimum atomic E-state index is 0. The van der Waals surface area contributed by atoms with Gasteiger partial charge in [0, 0.05) is 24.4 Å². The van der Waals surface area contributed by atoms with E-state index in [4.69, 9.17) is 0 Å². The second-order valence-electron chi connectivity index (χ2n) is 6.87. The predicted octanol–water partition coefficient (Wildman–Crippen LogP) is 2.62. The molecular weight excluding hydrogens is 379 g/mol. The number of rotatable bonds is 5. The van der Waals surface area contributed by atoms with Crippen molar-refractivity contribution in [2.24, 2.45) is 11.8 Å². The largest absolute Gasteiger partial charge is 0.356 e. The van der Waals surface area contributed by atoms with Crippen LogP contribution in [-0.2, 0) is 11.3 Å². The number of nitrogens with zero attached hydrogens (tertiary/aromatic N) is 2. The maximum Gasteiger partial charge on any atom is 0.223 e. The lowest BCUT2D eigenvalue weighted by molar-refractivity contribution is -0.126. The maximum absolute atomic E-state index is 12.3. The highest BCUT2D eigenvalue weighted by atomic mass is 35.5. The number of likely N-dealkylation sites (tertiary alicyclic amines) is 1. The Kier molecular flexibility index (Phi) is 10.3. The summed E-state index contributed by atoms with van der Waals surface area (Å²) in [5.41, 5.74) is 1.17. The van der Waals surface area contributed by atoms with Crippen molar-refractivity contribution >= 4 is 42.1 Å². The van der Waals surface area contributed by atoms with E-state index in [0.29, 0.717) is 5.92 Å². The highest BCUT2D eigenvalue weighted by molar-refractivity contribution is 7.09. The number of aryl methyl sites for hydroxylation is 1. The molecule has 2 N–H and O–H groups in total. The standard InChI is InChI=1S/C17H28N4OS.2ClH/c1-13-20-16(12-23-13)11-21-7-4-15(5-8-21)17(22)19-10-14-3-2-6-18-9-14;;/h12,14-15,18H,2-11H2,1H3,(H,19,22);2*1H. The summed E-state index contributed by atoms with van der Waals surface area (Å²) in [5, 5.41) is 9.86. The number of piperidine rings is 2. The quantitative estimate of drug-likeness (QED) is 0.785. The van der Waals surface area contributed by atoms with E-state index in [1.54, 1.807) is 11.3 Å². The fourth-order valence-electron chi connectivity index (χ4n) is 3.55. The van der Waals surface area contributed by atoms with E-state index in [0.717, 1.165) is 57.1 Å². The zero-order chi connectivity index (χ0) is 16.1. The summed E-state index contributed by atoms with van der Waals surface area (Å²) in [6.07, 6.45) is 4.41. The molecule has 2 aliphatic rings. The number of aromatic nitrogens is 1. The first-order valence-electron chi connectivity index (χ1n) is 8.82. The second kappa shape index (κ2) is 11.3. The Bertz CT molecular complexity index is 515. The number of hydrogen-bond donors (Lipinski definition) is 2. The first-order valence-corrected chi connectivity index (χ1v) is 9.70. The Morgan fingerprint density at radius 3 is 2.72 bits per heavy atom. The molecule has 8 heteroatoms. The van der Waals surface area contributed by atoms with Crippen LogP contribution in [0.5, 0.6) is 0 Å². The molecule has 1 atom stereocenters. The number of nitrogens with one attached hydrogen (secondary N) is 2. The first-order chi connectivity index (χ1) is 11.2. The molecule has 0 bridgehead atoms. The first kappa shape index (κ1) is 22.6. The molecule has 0 spiro atoms. The van der Waals surface area contributed by atoms with Gasteiger partial charge in [-0.1, -0.05) is 0 Å². The van der Waals surface area contributed by atoms with Gasteiger partial charge >= 0.3 is 0 Å². The predicted molar refractivity (Wildman–Crippen MR) is 108 cm³/mol. The Morgan fingerprint density at radius 2 is 2.12 bits per heavy atom. The summed E-state index contributed by atoms with van der Waals surface area (Å²) in [6.45, 7) is 7.98. The van der Waals surface area contributed by atoms with Gasteiger partial charge in [0.1, 0.15) is 0 Å². The second-order valence-corrected chi connectivity index (χ2v) is 7.93. The van der Waals surface area contributed by atoms with Crippen LogP contribution in [0.15, 0.2) is 5.38 Å². The van der Waals surface area contributed by atoms with Crippen LogP contribution < -0.4 is 10.6 Å². The molecule has 1 unspecified atom stereocenters. The molecule has 3 rings (SSSR count). The van der Waals surface area contributed by atoms with Crippen LogP contribution in [0.2, 0.25) is 0 Å². The molecule has 1 aromatic rings. The van der Waals surface area contributed by atoms with Crippen LogP contribution in [0, 0.1) is 18.8 Å². The normalized spacial score (nSPS) is 21.9. The Morgan fingerprint density at radius 1 is 1.36 bits per heavy atom. The van der Waals surface area contributed by atoms with Crippen molar-refractivity contribution in [3.63, 3.8) is 0 Å². The summed E-state index contributed by atoms with van der Waals surface area (Å²) in [6, 6.07) is 0. The Hall–Kier alpha value is -0.400. The van der Waals surface area contributed by atoms with Crippen molar-refractivity contribution in [3.8, 4) is 0 Å². The fourth-order valence-corrected chi connectivity index (χ4v) is 4.15. The highest BCUT2D eigenvalue weighted by Crippen LogP contribution is 2.20. The van der Waals surface area contributed by atoms with Gasteiger partial charge in [0.25, 0.3) is 0 Å². The summed E-state index contributed by atoms with van der Waals surface area (Å²) in [7, 11) is 0. The zero-order valence-corrected chi connectivity index (χ0v) is 17.3. The average Bonchev–Trinajstić information content (AvgIpc) is 2.99. The van der Waals surface area contributed by atoms with E-state index in [9.17, 15) is 4.79 Å². The third-order valence-electron chi connectivity index (χ3n) is 4.97. The van der Waals surface area contributed by atoms with E-state index in [-0.39, 0.29) is 36.6 Å². The molecule has 0 saturated carbocycles. The van der Waals surface area contributed by atoms with Crippen LogP contribution in [0.25, 0.3) is 0 Å². The summed E-state index contributed by atoms with van der Waals surface area (Å²) in [4.78, 5) is 19.3.